The molecule has 0 spiro atoms. The minimum Gasteiger partial charge on any atom is -0.271 e. The van der Waals surface area contributed by atoms with Gasteiger partial charge in [0.2, 0.25) is 0 Å². The number of carbonyl (C=O) groups excluding carboxylic acids is 1. The molecular formula is C26H35N3O3S. The lowest BCUT2D eigenvalue weighted by molar-refractivity contribution is -0.119. The molecule has 0 aliphatic heterocycles. The minimum atomic E-state index is -3.92. The van der Waals surface area contributed by atoms with Crippen molar-refractivity contribution >= 4 is 27.3 Å². The van der Waals surface area contributed by atoms with Crippen LogP contribution in [0.3, 0.4) is 0 Å². The fraction of sp³-hybridized carbons (Fsp3) is 0.462. The van der Waals surface area contributed by atoms with Crippen LogP contribution in [0.25, 0.3) is 0 Å². The number of hydrogen-bond donors (Lipinski definition) is 1. The molecule has 0 radical (unpaired) electrons. The van der Waals surface area contributed by atoms with Gasteiger partial charge in [-0.05, 0) is 75.1 Å². The maximum absolute atomic E-state index is 13.4. The lowest BCUT2D eigenvalue weighted by Gasteiger charge is -2.34. The van der Waals surface area contributed by atoms with Gasteiger partial charge in [0.25, 0.3) is 15.9 Å². The molecule has 0 saturated heterocycles. The molecule has 0 atom stereocenters. The number of hydrogen-bond acceptors (Lipinski definition) is 4. The maximum atomic E-state index is 13.4. The minimum absolute atomic E-state index is 0.147. The summed E-state index contributed by atoms with van der Waals surface area (Å²) in [6.45, 7) is 10.3. The van der Waals surface area contributed by atoms with Crippen LogP contribution in [0, 0.1) is 25.2 Å². The van der Waals surface area contributed by atoms with Gasteiger partial charge in [0, 0.05) is 5.71 Å². The van der Waals surface area contributed by atoms with Crippen LogP contribution in [0.2, 0.25) is 0 Å². The fourth-order valence-electron chi connectivity index (χ4n) is 4.10. The molecule has 1 aliphatic carbocycles. The third kappa shape index (κ3) is 6.44. The predicted octanol–water partition coefficient (Wildman–Crippen LogP) is 5.21. The second kappa shape index (κ2) is 10.1. The molecule has 178 valence electrons. The number of hydrazone groups is 1. The lowest BCUT2D eigenvalue weighted by Crippen LogP contribution is -2.40. The number of nitrogens with zero attached hydrogens (tertiary/aromatic N) is 2. The Hall–Kier alpha value is -2.67. The molecule has 33 heavy (non-hydrogen) atoms. The van der Waals surface area contributed by atoms with Crippen molar-refractivity contribution in [2.45, 2.75) is 65.2 Å². The third-order valence-electron chi connectivity index (χ3n) is 6.34. The van der Waals surface area contributed by atoms with Gasteiger partial charge in [-0.3, -0.25) is 9.10 Å². The Kier molecular flexibility index (Phi) is 7.62. The highest BCUT2D eigenvalue weighted by Crippen LogP contribution is 2.36. The Labute approximate surface area is 198 Å². The molecule has 0 unspecified atom stereocenters. The van der Waals surface area contributed by atoms with Crippen molar-refractivity contribution in [3.63, 3.8) is 0 Å². The summed E-state index contributed by atoms with van der Waals surface area (Å²) in [6.07, 6.45) is 3.81. The Morgan fingerprint density at radius 3 is 2.00 bits per heavy atom. The second-order valence-corrected chi connectivity index (χ2v) is 11.9. The molecule has 3 rings (SSSR count). The summed E-state index contributed by atoms with van der Waals surface area (Å²) in [5.41, 5.74) is 6.24. The monoisotopic (exact) mass is 469 g/mol. The predicted molar refractivity (Wildman–Crippen MR) is 134 cm³/mol. The first kappa shape index (κ1) is 25.0. The van der Waals surface area contributed by atoms with Crippen molar-refractivity contribution in [2.24, 2.45) is 16.4 Å². The standard InChI is InChI=1S/C26H35N3O3S/c1-19-6-14-23(15-7-19)29(33(31,32)24-16-8-20(2)9-17-24)18-25(30)28-27-22-12-10-21(11-13-22)26(3,4)5/h6-9,14-17,21H,10-13,18H2,1-5H3,(H,28,30). The van der Waals surface area contributed by atoms with Gasteiger partial charge in [-0.1, -0.05) is 56.2 Å². The highest BCUT2D eigenvalue weighted by molar-refractivity contribution is 7.92. The summed E-state index contributed by atoms with van der Waals surface area (Å²) < 4.78 is 28.0. The van der Waals surface area contributed by atoms with Crippen LogP contribution in [-0.2, 0) is 14.8 Å². The van der Waals surface area contributed by atoms with Crippen LogP contribution < -0.4 is 9.73 Å². The van der Waals surface area contributed by atoms with E-state index >= 15 is 0 Å². The molecule has 6 nitrogen and oxygen atoms in total. The lowest BCUT2D eigenvalue weighted by atomic mass is 9.72. The van der Waals surface area contributed by atoms with Gasteiger partial charge in [-0.25, -0.2) is 13.8 Å². The molecule has 1 saturated carbocycles. The van der Waals surface area contributed by atoms with E-state index in [2.05, 4.69) is 31.3 Å². The first-order chi connectivity index (χ1) is 15.5. The summed E-state index contributed by atoms with van der Waals surface area (Å²) in [5, 5.41) is 4.32. The second-order valence-electron chi connectivity index (χ2n) is 10.0. The molecule has 2 aromatic carbocycles. The van der Waals surface area contributed by atoms with Crippen LogP contribution in [-0.4, -0.2) is 26.6 Å². The van der Waals surface area contributed by atoms with Crippen molar-refractivity contribution in [1.82, 2.24) is 5.43 Å². The zero-order chi connectivity index (χ0) is 24.2. The number of sulfonamides is 1. The van der Waals surface area contributed by atoms with E-state index in [1.807, 2.05) is 26.0 Å². The van der Waals surface area contributed by atoms with E-state index < -0.39 is 15.9 Å². The fourth-order valence-corrected chi connectivity index (χ4v) is 5.52. The molecule has 0 heterocycles. The van der Waals surface area contributed by atoms with Crippen LogP contribution in [0.15, 0.2) is 58.5 Å². The number of anilines is 1. The average Bonchev–Trinajstić information content (AvgIpc) is 2.77. The van der Waals surface area contributed by atoms with Crippen LogP contribution in [0.4, 0.5) is 5.69 Å². The normalized spacial score (nSPS) is 16.9. The summed E-state index contributed by atoms with van der Waals surface area (Å²) >= 11 is 0. The van der Waals surface area contributed by atoms with Crippen molar-refractivity contribution in [3.8, 4) is 0 Å². The highest BCUT2D eigenvalue weighted by Gasteiger charge is 2.29. The van der Waals surface area contributed by atoms with E-state index in [0.29, 0.717) is 11.6 Å². The molecule has 0 bridgehead atoms. The van der Waals surface area contributed by atoms with E-state index in [-0.39, 0.29) is 16.9 Å². The van der Waals surface area contributed by atoms with E-state index in [1.165, 1.54) is 0 Å². The average molecular weight is 470 g/mol. The molecule has 1 aliphatic rings. The number of carbonyl (C=O) groups is 1. The summed E-state index contributed by atoms with van der Waals surface area (Å²) in [5.74, 6) is 0.181. The van der Waals surface area contributed by atoms with Gasteiger partial charge in [0.05, 0.1) is 10.6 Å². The Morgan fingerprint density at radius 1 is 0.970 bits per heavy atom. The van der Waals surface area contributed by atoms with E-state index in [1.54, 1.807) is 36.4 Å². The summed E-state index contributed by atoms with van der Waals surface area (Å²) in [6, 6.07) is 13.7. The van der Waals surface area contributed by atoms with E-state index in [4.69, 9.17) is 0 Å². The first-order valence-electron chi connectivity index (χ1n) is 11.5. The largest absolute Gasteiger partial charge is 0.271 e. The van der Waals surface area contributed by atoms with Crippen molar-refractivity contribution in [3.05, 3.63) is 59.7 Å². The van der Waals surface area contributed by atoms with Gasteiger partial charge in [0.1, 0.15) is 6.54 Å². The molecule has 2 aromatic rings. The zero-order valence-electron chi connectivity index (χ0n) is 20.3. The number of amides is 1. The van der Waals surface area contributed by atoms with Gasteiger partial charge in [0.15, 0.2) is 0 Å². The van der Waals surface area contributed by atoms with Crippen LogP contribution >= 0.6 is 0 Å². The third-order valence-corrected chi connectivity index (χ3v) is 8.13. The maximum Gasteiger partial charge on any atom is 0.264 e. The number of nitrogens with one attached hydrogen (secondary N) is 1. The number of aryl methyl sites for hydroxylation is 2. The van der Waals surface area contributed by atoms with Crippen molar-refractivity contribution in [2.75, 3.05) is 10.8 Å². The van der Waals surface area contributed by atoms with Crippen molar-refractivity contribution < 1.29 is 13.2 Å². The SMILES string of the molecule is Cc1ccc(N(CC(=O)NN=C2CCC(C(C)(C)C)CC2)S(=O)(=O)c2ccc(C)cc2)cc1. The summed E-state index contributed by atoms with van der Waals surface area (Å²) in [4.78, 5) is 12.9. The van der Waals surface area contributed by atoms with Gasteiger partial charge >= 0.3 is 0 Å². The molecule has 1 N–H and O–H groups in total. The number of benzene rings is 2. The molecule has 7 heteroatoms. The quantitative estimate of drug-likeness (QED) is 0.590. The number of rotatable bonds is 6. The summed E-state index contributed by atoms with van der Waals surface area (Å²) in [7, 11) is -3.92. The highest BCUT2D eigenvalue weighted by atomic mass is 32.2. The molecule has 1 amide bonds. The van der Waals surface area contributed by atoms with Gasteiger partial charge < -0.3 is 0 Å². The van der Waals surface area contributed by atoms with E-state index in [0.717, 1.165) is 46.8 Å². The van der Waals surface area contributed by atoms with E-state index in [9.17, 15) is 13.2 Å². The zero-order valence-corrected chi connectivity index (χ0v) is 21.1. The van der Waals surface area contributed by atoms with Gasteiger partial charge in [-0.2, -0.15) is 5.10 Å². The van der Waals surface area contributed by atoms with Crippen LogP contribution in [0.1, 0.15) is 57.6 Å². The van der Waals surface area contributed by atoms with Crippen LogP contribution in [0.5, 0.6) is 0 Å². The first-order valence-corrected chi connectivity index (χ1v) is 12.9. The Bertz CT molecular complexity index is 1090. The molecule has 0 aromatic heterocycles. The Balaban J connectivity index is 1.76. The van der Waals surface area contributed by atoms with Crippen molar-refractivity contribution in [1.29, 1.82) is 0 Å². The topological polar surface area (TPSA) is 78.8 Å². The molecule has 1 fully saturated rings. The smallest absolute Gasteiger partial charge is 0.264 e. The molecular weight excluding hydrogens is 434 g/mol. The Morgan fingerprint density at radius 2 is 1.48 bits per heavy atom. The van der Waals surface area contributed by atoms with Gasteiger partial charge in [-0.15, -0.1) is 0 Å².